The summed E-state index contributed by atoms with van der Waals surface area (Å²) in [7, 11) is 0. The van der Waals surface area contributed by atoms with Crippen molar-refractivity contribution in [3.05, 3.63) is 22.2 Å². The third kappa shape index (κ3) is 3.85. The van der Waals surface area contributed by atoms with Crippen LogP contribution in [0, 0.1) is 10.1 Å². The van der Waals surface area contributed by atoms with Crippen molar-refractivity contribution in [1.82, 2.24) is 4.98 Å². The van der Waals surface area contributed by atoms with Crippen molar-refractivity contribution in [2.45, 2.75) is 26.4 Å². The molecule has 0 atom stereocenters. The molecule has 1 rings (SSSR count). The zero-order chi connectivity index (χ0) is 13.9. The van der Waals surface area contributed by atoms with Crippen LogP contribution < -0.4 is 10.6 Å². The fourth-order valence-corrected chi connectivity index (χ4v) is 1.61. The maximum absolute atomic E-state index is 10.8. The van der Waals surface area contributed by atoms with Crippen LogP contribution in [0.4, 0.5) is 17.3 Å². The highest BCUT2D eigenvalue weighted by molar-refractivity contribution is 5.54. The van der Waals surface area contributed by atoms with Gasteiger partial charge in [0.15, 0.2) is 0 Å². The van der Waals surface area contributed by atoms with Crippen LogP contribution in [0.1, 0.15) is 20.8 Å². The van der Waals surface area contributed by atoms with Gasteiger partial charge in [-0.05, 0) is 20.8 Å². The predicted molar refractivity (Wildman–Crippen MR) is 69.5 cm³/mol. The molecule has 0 saturated carbocycles. The Morgan fingerprint density at radius 2 is 2.17 bits per heavy atom. The summed E-state index contributed by atoms with van der Waals surface area (Å²) in [6.07, 6.45) is 0. The van der Waals surface area contributed by atoms with E-state index < -0.39 is 10.5 Å². The van der Waals surface area contributed by atoms with Gasteiger partial charge in [-0.3, -0.25) is 10.1 Å². The molecule has 0 unspecified atom stereocenters. The van der Waals surface area contributed by atoms with Crippen LogP contribution in [0.3, 0.4) is 0 Å². The number of anilines is 2. The van der Waals surface area contributed by atoms with E-state index in [1.807, 2.05) is 6.92 Å². The van der Waals surface area contributed by atoms with E-state index in [0.29, 0.717) is 18.9 Å². The minimum atomic E-state index is -0.920. The Hall–Kier alpha value is -1.89. The Balaban J connectivity index is 3.09. The van der Waals surface area contributed by atoms with Crippen LogP contribution in [-0.2, 0) is 0 Å². The molecular weight excluding hydrogens is 236 g/mol. The smallest absolute Gasteiger partial charge is 0.276 e. The molecule has 18 heavy (non-hydrogen) atoms. The van der Waals surface area contributed by atoms with E-state index >= 15 is 0 Å². The van der Waals surface area contributed by atoms with E-state index in [1.165, 1.54) is 12.1 Å². The van der Waals surface area contributed by atoms with Crippen molar-refractivity contribution < 1.29 is 10.0 Å². The minimum absolute atomic E-state index is 0.0911. The van der Waals surface area contributed by atoms with Crippen LogP contribution in [0.15, 0.2) is 12.1 Å². The van der Waals surface area contributed by atoms with E-state index in [0.717, 1.165) is 0 Å². The molecular formula is C11H18N4O3. The lowest BCUT2D eigenvalue weighted by Crippen LogP contribution is -2.39. The number of pyridine rings is 1. The summed E-state index contributed by atoms with van der Waals surface area (Å²) in [5.74, 6) is 0.486. The number of nitrogens with two attached hydrogens (primary N) is 1. The molecule has 100 valence electrons. The predicted octanol–water partition coefficient (Wildman–Crippen LogP) is 1.17. The molecule has 1 aromatic rings. The van der Waals surface area contributed by atoms with Crippen molar-refractivity contribution in [2.75, 3.05) is 23.7 Å². The average Bonchev–Trinajstić information content (AvgIpc) is 2.23. The van der Waals surface area contributed by atoms with Gasteiger partial charge >= 0.3 is 0 Å². The Labute approximate surface area is 105 Å². The molecule has 0 bridgehead atoms. The Kier molecular flexibility index (Phi) is 4.07. The van der Waals surface area contributed by atoms with E-state index in [-0.39, 0.29) is 11.5 Å². The average molecular weight is 254 g/mol. The van der Waals surface area contributed by atoms with Crippen LogP contribution in [-0.4, -0.2) is 33.7 Å². The van der Waals surface area contributed by atoms with Crippen LogP contribution in [0.5, 0.6) is 0 Å². The van der Waals surface area contributed by atoms with Crippen LogP contribution in [0.25, 0.3) is 0 Å². The molecule has 0 radical (unpaired) electrons. The third-order valence-corrected chi connectivity index (χ3v) is 2.31. The van der Waals surface area contributed by atoms with Crippen molar-refractivity contribution >= 4 is 17.3 Å². The second kappa shape index (κ2) is 5.18. The van der Waals surface area contributed by atoms with Gasteiger partial charge in [-0.2, -0.15) is 0 Å². The first-order valence-electron chi connectivity index (χ1n) is 5.62. The van der Waals surface area contributed by atoms with Crippen molar-refractivity contribution in [1.29, 1.82) is 0 Å². The lowest BCUT2D eigenvalue weighted by atomic mass is 10.1. The fraction of sp³-hybridized carbons (Fsp3) is 0.545. The molecule has 7 nitrogen and oxygen atoms in total. The fourth-order valence-electron chi connectivity index (χ4n) is 1.61. The second-order valence-electron chi connectivity index (χ2n) is 4.69. The van der Waals surface area contributed by atoms with Gasteiger partial charge in [0.25, 0.3) is 5.69 Å². The van der Waals surface area contributed by atoms with E-state index in [4.69, 9.17) is 5.73 Å². The quantitative estimate of drug-likeness (QED) is 0.603. The first-order chi connectivity index (χ1) is 8.23. The van der Waals surface area contributed by atoms with Gasteiger partial charge < -0.3 is 15.7 Å². The van der Waals surface area contributed by atoms with E-state index in [9.17, 15) is 15.2 Å². The number of aromatic nitrogens is 1. The zero-order valence-electron chi connectivity index (χ0n) is 10.8. The summed E-state index contributed by atoms with van der Waals surface area (Å²) in [4.78, 5) is 16.0. The van der Waals surface area contributed by atoms with Crippen molar-refractivity contribution in [2.24, 2.45) is 0 Å². The number of nitro groups is 1. The van der Waals surface area contributed by atoms with Gasteiger partial charge in [0, 0.05) is 13.1 Å². The number of hydrogen-bond acceptors (Lipinski definition) is 6. The molecule has 0 aliphatic carbocycles. The summed E-state index contributed by atoms with van der Waals surface area (Å²) in [5.41, 5.74) is 4.52. The standard InChI is InChI=1S/C11H18N4O3/c1-4-14(7-11(2,3)16)10-6-8(15(17)18)5-9(12)13-10/h5-6,16H,4,7H2,1-3H3,(H2,12,13). The van der Waals surface area contributed by atoms with Gasteiger partial charge in [0.1, 0.15) is 11.6 Å². The summed E-state index contributed by atoms with van der Waals surface area (Å²) in [6.45, 7) is 6.09. The molecule has 1 heterocycles. The van der Waals surface area contributed by atoms with Crippen molar-refractivity contribution in [3.63, 3.8) is 0 Å². The first kappa shape index (κ1) is 14.2. The molecule has 0 amide bonds. The summed E-state index contributed by atoms with van der Waals surface area (Å²) in [6, 6.07) is 2.56. The highest BCUT2D eigenvalue weighted by atomic mass is 16.6. The third-order valence-electron chi connectivity index (χ3n) is 2.31. The topological polar surface area (TPSA) is 106 Å². The maximum Gasteiger partial charge on any atom is 0.276 e. The Morgan fingerprint density at radius 1 is 1.56 bits per heavy atom. The van der Waals surface area contributed by atoms with Gasteiger partial charge in [-0.1, -0.05) is 0 Å². The molecule has 0 aliphatic heterocycles. The molecule has 0 aromatic carbocycles. The largest absolute Gasteiger partial charge is 0.389 e. The highest BCUT2D eigenvalue weighted by Crippen LogP contribution is 2.22. The molecule has 1 aromatic heterocycles. The molecule has 0 spiro atoms. The lowest BCUT2D eigenvalue weighted by molar-refractivity contribution is -0.384. The number of aliphatic hydroxyl groups is 1. The first-order valence-corrected chi connectivity index (χ1v) is 5.62. The minimum Gasteiger partial charge on any atom is -0.389 e. The molecule has 3 N–H and O–H groups in total. The highest BCUT2D eigenvalue weighted by Gasteiger charge is 2.20. The number of nitrogen functional groups attached to an aromatic ring is 1. The van der Waals surface area contributed by atoms with Gasteiger partial charge in [-0.25, -0.2) is 4.98 Å². The number of rotatable bonds is 5. The monoisotopic (exact) mass is 254 g/mol. The summed E-state index contributed by atoms with van der Waals surface area (Å²) >= 11 is 0. The van der Waals surface area contributed by atoms with E-state index in [2.05, 4.69) is 4.98 Å². The van der Waals surface area contributed by atoms with Crippen LogP contribution >= 0.6 is 0 Å². The van der Waals surface area contributed by atoms with Gasteiger partial charge in [0.05, 0.1) is 22.7 Å². The van der Waals surface area contributed by atoms with Crippen LogP contribution in [0.2, 0.25) is 0 Å². The number of likely N-dealkylation sites (N-methyl/N-ethyl adjacent to an activating group) is 1. The molecule has 0 fully saturated rings. The van der Waals surface area contributed by atoms with Gasteiger partial charge in [-0.15, -0.1) is 0 Å². The lowest BCUT2D eigenvalue weighted by Gasteiger charge is -2.28. The van der Waals surface area contributed by atoms with Crippen molar-refractivity contribution in [3.8, 4) is 0 Å². The summed E-state index contributed by atoms with van der Waals surface area (Å²) < 4.78 is 0. The molecule has 7 heteroatoms. The Bertz CT molecular complexity index is 442. The second-order valence-corrected chi connectivity index (χ2v) is 4.69. The Morgan fingerprint density at radius 3 is 2.61 bits per heavy atom. The number of hydrogen-bond donors (Lipinski definition) is 2. The normalized spacial score (nSPS) is 11.3. The molecule has 0 saturated heterocycles. The summed E-state index contributed by atoms with van der Waals surface area (Å²) in [5, 5.41) is 20.5. The SMILES string of the molecule is CCN(CC(C)(C)O)c1cc([N+](=O)[O-])cc(N)n1. The number of nitrogens with zero attached hydrogens (tertiary/aromatic N) is 3. The van der Waals surface area contributed by atoms with Gasteiger partial charge in [0.2, 0.25) is 0 Å². The maximum atomic E-state index is 10.8. The zero-order valence-corrected chi connectivity index (χ0v) is 10.8. The van der Waals surface area contributed by atoms with E-state index in [1.54, 1.807) is 18.7 Å². The molecule has 0 aliphatic rings.